The van der Waals surface area contributed by atoms with E-state index in [9.17, 15) is 39.3 Å². The highest BCUT2D eigenvalue weighted by molar-refractivity contribution is 5.96. The lowest BCUT2D eigenvalue weighted by molar-refractivity contribution is -0.241. The molecule has 3 aromatic carbocycles. The average Bonchev–Trinajstić information content (AvgIpc) is 3.64. The second kappa shape index (κ2) is 17.4. The zero-order valence-electron chi connectivity index (χ0n) is 35.9. The summed E-state index contributed by atoms with van der Waals surface area (Å²) in [5, 5.41) is 40.4. The van der Waals surface area contributed by atoms with E-state index >= 15 is 4.79 Å². The highest BCUT2D eigenvalue weighted by atomic mass is 16.6. The minimum atomic E-state index is -2.33. The third-order valence-corrected chi connectivity index (χ3v) is 13.7. The van der Waals surface area contributed by atoms with Crippen molar-refractivity contribution in [1.29, 1.82) is 0 Å². The Hall–Kier alpha value is -5.74. The molecule has 3 fully saturated rings. The van der Waals surface area contributed by atoms with E-state index in [0.717, 1.165) is 6.92 Å². The van der Waals surface area contributed by atoms with Crippen LogP contribution >= 0.6 is 0 Å². The molecule has 1 unspecified atom stereocenters. The number of aliphatic hydroxyl groups is 3. The molecule has 334 valence electrons. The summed E-state index contributed by atoms with van der Waals surface area (Å²) < 4.78 is 30.3. The van der Waals surface area contributed by atoms with Crippen LogP contribution in [0.2, 0.25) is 0 Å². The van der Waals surface area contributed by atoms with Gasteiger partial charge in [-0.05, 0) is 54.8 Å². The molecule has 3 aromatic rings. The Balaban J connectivity index is 1.38. The van der Waals surface area contributed by atoms with E-state index in [-0.39, 0.29) is 35.3 Å². The fourth-order valence-corrected chi connectivity index (χ4v) is 10.4. The molecule has 2 bridgehead atoms. The van der Waals surface area contributed by atoms with Crippen LogP contribution in [-0.2, 0) is 42.9 Å². The van der Waals surface area contributed by atoms with Crippen LogP contribution in [0, 0.1) is 22.7 Å². The van der Waals surface area contributed by atoms with Crippen molar-refractivity contribution in [3.8, 4) is 0 Å². The van der Waals surface area contributed by atoms with Crippen LogP contribution < -0.4 is 5.32 Å². The van der Waals surface area contributed by atoms with E-state index < -0.39 is 119 Å². The van der Waals surface area contributed by atoms with E-state index in [1.165, 1.54) is 32.9 Å². The number of Topliss-reactive ketones (excluding diaryl/α,β-unsaturated/α-hetero) is 1. The van der Waals surface area contributed by atoms with E-state index in [0.29, 0.717) is 5.56 Å². The lowest BCUT2D eigenvalue weighted by atomic mass is 9.46. The van der Waals surface area contributed by atoms with Crippen molar-refractivity contribution in [2.45, 2.75) is 109 Å². The second-order valence-electron chi connectivity index (χ2n) is 17.7. The van der Waals surface area contributed by atoms with Gasteiger partial charge >= 0.3 is 23.9 Å². The first kappa shape index (κ1) is 45.3. The van der Waals surface area contributed by atoms with Gasteiger partial charge < -0.3 is 44.3 Å². The molecule has 0 aromatic heterocycles. The van der Waals surface area contributed by atoms with Crippen LogP contribution in [0.25, 0.3) is 0 Å². The molecule has 1 amide bonds. The van der Waals surface area contributed by atoms with Crippen LogP contribution in [0.1, 0.15) is 86.7 Å². The average molecular weight is 868 g/mol. The van der Waals surface area contributed by atoms with Gasteiger partial charge in [0.1, 0.15) is 23.9 Å². The number of benzene rings is 3. The summed E-state index contributed by atoms with van der Waals surface area (Å²) in [5.41, 5.74) is -4.99. The molecule has 15 heteroatoms. The molecule has 2 saturated carbocycles. The smallest absolute Gasteiger partial charge is 0.338 e. The SMILES string of the molecule is CC(=O)O[C@H]1C(=O)[C@]2(C)[C@@H](O)C[C@H]3OC[C@H](OC(C)=O)C3[C@H]2[C@H](OC(=O)c2ccccc2)[C@]2(O)C[C@H](OC(=O)[C@H](O)[C@@H](NC(=O)c3ccccc3)c3ccccc3)C(C)=C1C2(C)C. The van der Waals surface area contributed by atoms with Crippen molar-refractivity contribution >= 4 is 35.6 Å². The third kappa shape index (κ3) is 8.07. The van der Waals surface area contributed by atoms with Crippen molar-refractivity contribution in [3.63, 3.8) is 0 Å². The van der Waals surface area contributed by atoms with Gasteiger partial charge in [-0.3, -0.25) is 19.2 Å². The molecule has 1 heterocycles. The third-order valence-electron chi connectivity index (χ3n) is 13.7. The van der Waals surface area contributed by atoms with Crippen LogP contribution in [0.5, 0.6) is 0 Å². The number of amides is 1. The lowest BCUT2D eigenvalue weighted by Gasteiger charge is -2.62. The van der Waals surface area contributed by atoms with E-state index in [1.54, 1.807) is 92.7 Å². The highest BCUT2D eigenvalue weighted by Gasteiger charge is 2.73. The molecule has 0 spiro atoms. The number of nitrogens with one attached hydrogen (secondary N) is 1. The molecule has 3 aliphatic carbocycles. The van der Waals surface area contributed by atoms with Gasteiger partial charge in [-0.25, -0.2) is 9.59 Å². The molecular weight excluding hydrogens is 815 g/mol. The quantitative estimate of drug-likeness (QED) is 0.129. The van der Waals surface area contributed by atoms with E-state index in [4.69, 9.17) is 23.7 Å². The predicted molar refractivity (Wildman–Crippen MR) is 222 cm³/mol. The second-order valence-corrected chi connectivity index (χ2v) is 17.7. The van der Waals surface area contributed by atoms with Crippen molar-refractivity contribution in [3.05, 3.63) is 119 Å². The molecule has 0 radical (unpaired) electrons. The maximum atomic E-state index is 15.5. The van der Waals surface area contributed by atoms with Gasteiger partial charge in [-0.15, -0.1) is 0 Å². The number of aliphatic hydroxyl groups excluding tert-OH is 2. The summed E-state index contributed by atoms with van der Waals surface area (Å²) in [4.78, 5) is 83.2. The van der Waals surface area contributed by atoms with Gasteiger partial charge in [-0.2, -0.15) is 0 Å². The summed E-state index contributed by atoms with van der Waals surface area (Å²) in [5.74, 6) is -7.38. The summed E-state index contributed by atoms with van der Waals surface area (Å²) in [7, 11) is 0. The lowest BCUT2D eigenvalue weighted by Crippen LogP contribution is -2.73. The Morgan fingerprint density at radius 3 is 1.97 bits per heavy atom. The Morgan fingerprint density at radius 2 is 1.38 bits per heavy atom. The summed E-state index contributed by atoms with van der Waals surface area (Å²) in [6, 6.07) is 23.1. The largest absolute Gasteiger partial charge is 0.460 e. The Bertz CT molecular complexity index is 2280. The van der Waals surface area contributed by atoms with Crippen molar-refractivity contribution in [2.75, 3.05) is 6.61 Å². The van der Waals surface area contributed by atoms with Gasteiger partial charge in [0.15, 0.2) is 18.0 Å². The molecular formula is C48H53NO14. The summed E-state index contributed by atoms with van der Waals surface area (Å²) in [6.45, 7) is 8.34. The number of hydrogen-bond donors (Lipinski definition) is 4. The molecule has 63 heavy (non-hydrogen) atoms. The van der Waals surface area contributed by atoms with Gasteiger partial charge in [-0.1, -0.05) is 80.6 Å². The summed E-state index contributed by atoms with van der Waals surface area (Å²) in [6.07, 6.45) is -11.0. The first-order valence-electron chi connectivity index (χ1n) is 21.0. The number of rotatable bonds is 10. The Morgan fingerprint density at radius 1 is 0.810 bits per heavy atom. The minimum absolute atomic E-state index is 0.0229. The van der Waals surface area contributed by atoms with E-state index in [1.807, 2.05) is 0 Å². The summed E-state index contributed by atoms with van der Waals surface area (Å²) >= 11 is 0. The number of esters is 4. The van der Waals surface area contributed by atoms with Crippen molar-refractivity contribution in [1.82, 2.24) is 5.32 Å². The zero-order chi connectivity index (χ0) is 45.6. The fourth-order valence-electron chi connectivity index (χ4n) is 10.4. The number of ether oxygens (including phenoxy) is 5. The maximum Gasteiger partial charge on any atom is 0.338 e. The van der Waals surface area contributed by atoms with Gasteiger partial charge in [0, 0.05) is 49.5 Å². The minimum Gasteiger partial charge on any atom is -0.460 e. The first-order chi connectivity index (χ1) is 29.8. The van der Waals surface area contributed by atoms with E-state index in [2.05, 4.69) is 5.32 Å². The highest BCUT2D eigenvalue weighted by Crippen LogP contribution is 2.62. The molecule has 12 atom stereocenters. The number of fused-ring (bicyclic) bond motifs is 5. The number of carbonyl (C=O) groups excluding carboxylic acids is 6. The maximum absolute atomic E-state index is 15.5. The first-order valence-corrected chi connectivity index (χ1v) is 21.0. The molecule has 7 rings (SSSR count). The van der Waals surface area contributed by atoms with Crippen LogP contribution in [0.4, 0.5) is 0 Å². The van der Waals surface area contributed by atoms with Crippen LogP contribution in [-0.4, -0.2) is 106 Å². The Kier molecular flexibility index (Phi) is 12.5. The normalized spacial score (nSPS) is 31.7. The predicted octanol–water partition coefficient (Wildman–Crippen LogP) is 3.98. The molecule has 4 N–H and O–H groups in total. The van der Waals surface area contributed by atoms with Crippen molar-refractivity contribution in [2.24, 2.45) is 22.7 Å². The topological polar surface area (TPSA) is 221 Å². The number of carbonyl (C=O) groups is 6. The molecule has 4 aliphatic rings. The standard InChI is InChI=1S/C48H53NO14/c1-25-32(62-45(57)39(53)38(28-16-10-7-11-17-28)49-43(55)29-18-12-8-13-19-29)23-48(58)42(63-44(56)30-20-14-9-15-21-30)37-35-31(59-24-33(35)60-26(2)50)22-34(52)47(37,6)41(54)40(61-27(3)51)36(25)46(48,4)5/h7-21,31-35,37-40,42,52-53,58H,22-24H2,1-6H3,(H,49,55)/t31-,32+,33+,34+,35?,37+,38+,39-,40-,42+,47-,48-/m1/s1. The Labute approximate surface area is 364 Å². The van der Waals surface area contributed by atoms with Gasteiger partial charge in [0.05, 0.1) is 35.8 Å². The van der Waals surface area contributed by atoms with Gasteiger partial charge in [0.25, 0.3) is 5.91 Å². The van der Waals surface area contributed by atoms with Crippen LogP contribution in [0.3, 0.4) is 0 Å². The van der Waals surface area contributed by atoms with Gasteiger partial charge in [0.2, 0.25) is 0 Å². The van der Waals surface area contributed by atoms with Crippen molar-refractivity contribution < 1.29 is 67.8 Å². The fraction of sp³-hybridized carbons (Fsp3) is 0.458. The number of ketones is 1. The molecule has 1 aliphatic heterocycles. The number of hydrogen-bond acceptors (Lipinski definition) is 14. The molecule has 1 saturated heterocycles. The van der Waals surface area contributed by atoms with Crippen LogP contribution in [0.15, 0.2) is 102 Å². The molecule has 15 nitrogen and oxygen atoms in total. The zero-order valence-corrected chi connectivity index (χ0v) is 35.9. The monoisotopic (exact) mass is 867 g/mol.